The third-order valence-corrected chi connectivity index (χ3v) is 4.95. The van der Waals surface area contributed by atoms with Crippen LogP contribution in [0.1, 0.15) is 54.2 Å². The first-order chi connectivity index (χ1) is 15.0. The molecule has 2 heterocycles. The molecule has 164 valence electrons. The molecule has 1 aromatic carbocycles. The van der Waals surface area contributed by atoms with Crippen LogP contribution < -0.4 is 15.0 Å². The van der Waals surface area contributed by atoms with E-state index in [4.69, 9.17) is 14.2 Å². The molecule has 0 aliphatic rings. The summed E-state index contributed by atoms with van der Waals surface area (Å²) in [6.07, 6.45) is 6.11. The molecule has 0 fully saturated rings. The molecule has 2 aromatic heterocycles. The quantitative estimate of drug-likeness (QED) is 0.356. The van der Waals surface area contributed by atoms with Gasteiger partial charge in [-0.25, -0.2) is 9.78 Å². The second kappa shape index (κ2) is 10.6. The normalized spacial score (nSPS) is 10.8. The Labute approximate surface area is 181 Å². The highest BCUT2D eigenvalue weighted by molar-refractivity contribution is 5.90. The lowest BCUT2D eigenvalue weighted by atomic mass is 10.2. The van der Waals surface area contributed by atoms with Crippen molar-refractivity contribution in [3.63, 3.8) is 0 Å². The Morgan fingerprint density at radius 3 is 2.71 bits per heavy atom. The second-order valence-electron chi connectivity index (χ2n) is 7.32. The van der Waals surface area contributed by atoms with E-state index in [9.17, 15) is 9.59 Å². The molecule has 0 atom stereocenters. The Kier molecular flexibility index (Phi) is 7.65. The first-order valence-electron chi connectivity index (χ1n) is 10.5. The smallest absolute Gasteiger partial charge is 0.338 e. The minimum atomic E-state index is -0.528. The number of carbonyl (C=O) groups excluding carboxylic acids is 1. The third kappa shape index (κ3) is 5.63. The summed E-state index contributed by atoms with van der Waals surface area (Å²) in [6.45, 7) is 4.54. The number of fused-ring (bicyclic) bond motifs is 1. The van der Waals surface area contributed by atoms with Gasteiger partial charge in [-0.3, -0.25) is 9.20 Å². The number of carbonyl (C=O) groups is 1. The molecule has 0 aliphatic carbocycles. The SMILES string of the molecule is CCCCCCOc1ccc(C(=O)OCc2cc(=O)n3cccc(C)c3n2)cc1OC. The topological polar surface area (TPSA) is 79.1 Å². The zero-order valence-electron chi connectivity index (χ0n) is 18.2. The number of nitrogens with zero attached hydrogens (tertiary/aromatic N) is 2. The van der Waals surface area contributed by atoms with Crippen LogP contribution in [-0.2, 0) is 11.3 Å². The molecule has 0 N–H and O–H groups in total. The molecule has 7 heteroatoms. The van der Waals surface area contributed by atoms with Crippen LogP contribution in [0.5, 0.6) is 11.5 Å². The van der Waals surface area contributed by atoms with E-state index in [2.05, 4.69) is 11.9 Å². The van der Waals surface area contributed by atoms with Crippen LogP contribution in [0.2, 0.25) is 0 Å². The Bertz CT molecular complexity index is 1110. The van der Waals surface area contributed by atoms with E-state index in [0.717, 1.165) is 18.4 Å². The van der Waals surface area contributed by atoms with E-state index in [0.29, 0.717) is 35.0 Å². The van der Waals surface area contributed by atoms with Gasteiger partial charge in [0.2, 0.25) is 0 Å². The van der Waals surface area contributed by atoms with Crippen molar-refractivity contribution < 1.29 is 19.0 Å². The third-order valence-electron chi connectivity index (χ3n) is 4.95. The summed E-state index contributed by atoms with van der Waals surface area (Å²) in [5.74, 6) is 0.539. The lowest BCUT2D eigenvalue weighted by Gasteiger charge is -2.12. The molecule has 7 nitrogen and oxygen atoms in total. The van der Waals surface area contributed by atoms with Gasteiger partial charge in [0.05, 0.1) is 25.0 Å². The predicted octanol–water partition coefficient (Wildman–Crippen LogP) is 4.33. The van der Waals surface area contributed by atoms with Gasteiger partial charge >= 0.3 is 5.97 Å². The number of methoxy groups -OCH3 is 1. The lowest BCUT2D eigenvalue weighted by molar-refractivity contribution is 0.0467. The fraction of sp³-hybridized carbons (Fsp3) is 0.375. The van der Waals surface area contributed by atoms with Crippen LogP contribution in [0.3, 0.4) is 0 Å². The molecule has 0 saturated carbocycles. The van der Waals surface area contributed by atoms with Crippen LogP contribution in [0.4, 0.5) is 0 Å². The van der Waals surface area contributed by atoms with Gasteiger partial charge in [-0.2, -0.15) is 0 Å². The summed E-state index contributed by atoms with van der Waals surface area (Å²) in [6, 6.07) is 9.97. The Morgan fingerprint density at radius 1 is 1.10 bits per heavy atom. The molecule has 0 amide bonds. The zero-order chi connectivity index (χ0) is 22.2. The first-order valence-corrected chi connectivity index (χ1v) is 10.5. The monoisotopic (exact) mass is 424 g/mol. The van der Waals surface area contributed by atoms with Gasteiger partial charge in [-0.15, -0.1) is 0 Å². The molecule has 0 radical (unpaired) electrons. The summed E-state index contributed by atoms with van der Waals surface area (Å²) < 4.78 is 18.0. The molecule has 0 bridgehead atoms. The molecule has 0 spiro atoms. The summed E-state index contributed by atoms with van der Waals surface area (Å²) in [4.78, 5) is 29.2. The molecule has 3 aromatic rings. The number of benzene rings is 1. The largest absolute Gasteiger partial charge is 0.493 e. The van der Waals surface area contributed by atoms with Crippen molar-refractivity contribution in [3.8, 4) is 11.5 Å². The minimum Gasteiger partial charge on any atom is -0.493 e. The maximum absolute atomic E-state index is 12.5. The second-order valence-corrected chi connectivity index (χ2v) is 7.32. The van der Waals surface area contributed by atoms with E-state index < -0.39 is 5.97 Å². The van der Waals surface area contributed by atoms with Gasteiger partial charge in [-0.05, 0) is 43.2 Å². The van der Waals surface area contributed by atoms with Crippen molar-refractivity contribution in [2.45, 2.75) is 46.1 Å². The number of unbranched alkanes of at least 4 members (excludes halogenated alkanes) is 3. The highest BCUT2D eigenvalue weighted by atomic mass is 16.5. The lowest BCUT2D eigenvalue weighted by Crippen LogP contribution is -2.17. The molecule has 0 saturated heterocycles. The van der Waals surface area contributed by atoms with Gasteiger partial charge in [0, 0.05) is 12.3 Å². The Morgan fingerprint density at radius 2 is 1.94 bits per heavy atom. The number of aryl methyl sites for hydroxylation is 1. The maximum Gasteiger partial charge on any atom is 0.338 e. The maximum atomic E-state index is 12.5. The van der Waals surface area contributed by atoms with Crippen molar-refractivity contribution in [2.24, 2.45) is 0 Å². The van der Waals surface area contributed by atoms with E-state index in [1.54, 1.807) is 30.5 Å². The number of pyridine rings is 1. The highest BCUT2D eigenvalue weighted by Crippen LogP contribution is 2.28. The molecular formula is C24H28N2O5. The first kappa shape index (κ1) is 22.3. The molecule has 31 heavy (non-hydrogen) atoms. The summed E-state index contributed by atoms with van der Waals surface area (Å²) in [5.41, 5.74) is 1.92. The fourth-order valence-electron chi connectivity index (χ4n) is 3.23. The average Bonchev–Trinajstić information content (AvgIpc) is 2.78. The molecule has 0 aliphatic heterocycles. The number of rotatable bonds is 10. The fourth-order valence-corrected chi connectivity index (χ4v) is 3.23. The van der Waals surface area contributed by atoms with Gasteiger partial charge in [0.15, 0.2) is 11.5 Å². The summed E-state index contributed by atoms with van der Waals surface area (Å²) in [7, 11) is 1.53. The number of hydrogen-bond acceptors (Lipinski definition) is 6. The van der Waals surface area contributed by atoms with Crippen molar-refractivity contribution >= 4 is 11.6 Å². The highest BCUT2D eigenvalue weighted by Gasteiger charge is 2.14. The number of esters is 1. The standard InChI is InChI=1S/C24H28N2O5/c1-4-5-6-7-13-30-20-11-10-18(14-21(20)29-3)24(28)31-16-19-15-22(27)26-12-8-9-17(2)23(26)25-19/h8-12,14-15H,4-7,13,16H2,1-3H3. The van der Waals surface area contributed by atoms with Crippen LogP contribution in [0.15, 0.2) is 47.4 Å². The molecule has 3 rings (SSSR count). The number of ether oxygens (including phenoxy) is 3. The summed E-state index contributed by atoms with van der Waals surface area (Å²) in [5, 5.41) is 0. The van der Waals surface area contributed by atoms with E-state index >= 15 is 0 Å². The van der Waals surface area contributed by atoms with Gasteiger partial charge < -0.3 is 14.2 Å². The van der Waals surface area contributed by atoms with E-state index in [1.807, 2.05) is 13.0 Å². The van der Waals surface area contributed by atoms with Crippen molar-refractivity contribution in [2.75, 3.05) is 13.7 Å². The van der Waals surface area contributed by atoms with Crippen molar-refractivity contribution in [1.29, 1.82) is 0 Å². The van der Waals surface area contributed by atoms with Gasteiger partial charge in [-0.1, -0.05) is 32.3 Å². The van der Waals surface area contributed by atoms with Crippen molar-refractivity contribution in [1.82, 2.24) is 9.38 Å². The number of hydrogen-bond donors (Lipinski definition) is 0. The minimum absolute atomic E-state index is 0.100. The molecular weight excluding hydrogens is 396 g/mol. The average molecular weight is 424 g/mol. The van der Waals surface area contributed by atoms with Gasteiger partial charge in [0.25, 0.3) is 5.56 Å². The van der Waals surface area contributed by atoms with Crippen molar-refractivity contribution in [3.05, 3.63) is 69.8 Å². The van der Waals surface area contributed by atoms with Crippen LogP contribution in [0.25, 0.3) is 5.65 Å². The predicted molar refractivity (Wildman–Crippen MR) is 118 cm³/mol. The summed E-state index contributed by atoms with van der Waals surface area (Å²) >= 11 is 0. The molecule has 0 unspecified atom stereocenters. The van der Waals surface area contributed by atoms with Gasteiger partial charge in [0.1, 0.15) is 12.3 Å². The van der Waals surface area contributed by atoms with Crippen LogP contribution in [-0.4, -0.2) is 29.1 Å². The van der Waals surface area contributed by atoms with Crippen LogP contribution in [0, 0.1) is 6.92 Å². The van der Waals surface area contributed by atoms with E-state index in [-0.39, 0.29) is 12.2 Å². The number of aromatic nitrogens is 2. The van der Waals surface area contributed by atoms with Crippen LogP contribution >= 0.6 is 0 Å². The Balaban J connectivity index is 1.66. The Hall–Kier alpha value is -3.35. The van der Waals surface area contributed by atoms with E-state index in [1.165, 1.54) is 30.4 Å². The zero-order valence-corrected chi connectivity index (χ0v) is 18.2.